The summed E-state index contributed by atoms with van der Waals surface area (Å²) in [4.78, 5) is 15.1. The van der Waals surface area contributed by atoms with E-state index in [4.69, 9.17) is 9.47 Å². The zero-order valence-corrected chi connectivity index (χ0v) is 15.8. The highest BCUT2D eigenvalue weighted by Crippen LogP contribution is 2.41. The Morgan fingerprint density at radius 3 is 2.81 bits per heavy atom. The molecule has 1 aliphatic heterocycles. The number of carbonyl (C=O) groups is 1. The molecule has 1 N–H and O–H groups in total. The number of amides is 2. The summed E-state index contributed by atoms with van der Waals surface area (Å²) in [6.07, 6.45) is 3.66. The van der Waals surface area contributed by atoms with Gasteiger partial charge in [-0.1, -0.05) is 19.2 Å². The molecule has 2 aromatic rings. The molecule has 0 unspecified atom stereocenters. The van der Waals surface area contributed by atoms with E-state index in [1.54, 1.807) is 25.1 Å². The second-order valence-corrected chi connectivity index (χ2v) is 6.88. The molecule has 2 amide bonds. The number of fused-ring (bicyclic) bond motifs is 1. The van der Waals surface area contributed by atoms with Crippen LogP contribution < -0.4 is 19.7 Å². The van der Waals surface area contributed by atoms with Crippen LogP contribution in [0, 0.1) is 6.92 Å². The third-order valence-electron chi connectivity index (χ3n) is 4.05. The van der Waals surface area contributed by atoms with Crippen LogP contribution in [0.25, 0.3) is 6.08 Å². The Labute approximate surface area is 156 Å². The number of methoxy groups -OCH3 is 1. The lowest BCUT2D eigenvalue weighted by molar-refractivity contribution is 0.258. The van der Waals surface area contributed by atoms with Gasteiger partial charge in [0, 0.05) is 24.4 Å². The minimum atomic E-state index is -0.236. The van der Waals surface area contributed by atoms with Crippen molar-refractivity contribution in [2.45, 2.75) is 6.92 Å². The molecule has 0 bridgehead atoms. The van der Waals surface area contributed by atoms with Gasteiger partial charge in [0.2, 0.25) is 0 Å². The number of allylic oxidation sites excluding steroid dienone is 1. The summed E-state index contributed by atoms with van der Waals surface area (Å²) in [7, 11) is 3.34. The first-order chi connectivity index (χ1) is 12.4. The Morgan fingerprint density at radius 2 is 2.15 bits per heavy atom. The highest BCUT2D eigenvalue weighted by Gasteiger charge is 2.21. The van der Waals surface area contributed by atoms with Crippen molar-refractivity contribution in [1.82, 2.24) is 0 Å². The van der Waals surface area contributed by atoms with Crippen LogP contribution in [0.4, 0.5) is 15.5 Å². The van der Waals surface area contributed by atoms with Gasteiger partial charge in [-0.25, -0.2) is 4.79 Å². The molecular formula is C20H20N2O3S. The maximum Gasteiger partial charge on any atom is 0.326 e. The summed E-state index contributed by atoms with van der Waals surface area (Å²) in [5, 5.41) is 3.66. The van der Waals surface area contributed by atoms with Crippen molar-refractivity contribution >= 4 is 34.1 Å². The van der Waals surface area contributed by atoms with Crippen LogP contribution in [0.3, 0.4) is 0 Å². The van der Waals surface area contributed by atoms with Crippen LogP contribution >= 0.6 is 11.3 Å². The van der Waals surface area contributed by atoms with Crippen molar-refractivity contribution < 1.29 is 14.3 Å². The quantitative estimate of drug-likeness (QED) is 0.806. The number of benzene rings is 1. The zero-order valence-electron chi connectivity index (χ0n) is 15.0. The highest BCUT2D eigenvalue weighted by atomic mass is 32.1. The van der Waals surface area contributed by atoms with E-state index in [-0.39, 0.29) is 6.03 Å². The number of rotatable bonds is 4. The first-order valence-electron chi connectivity index (χ1n) is 7.97. The lowest BCUT2D eigenvalue weighted by Gasteiger charge is -2.16. The van der Waals surface area contributed by atoms with E-state index in [1.165, 1.54) is 11.3 Å². The van der Waals surface area contributed by atoms with Crippen LogP contribution in [0.1, 0.15) is 10.4 Å². The molecule has 0 spiro atoms. The molecule has 0 saturated carbocycles. The van der Waals surface area contributed by atoms with E-state index in [9.17, 15) is 4.79 Å². The fraction of sp³-hybridized carbons (Fsp3) is 0.150. The molecule has 26 heavy (non-hydrogen) atoms. The fourth-order valence-corrected chi connectivity index (χ4v) is 3.57. The maximum absolute atomic E-state index is 12.6. The van der Waals surface area contributed by atoms with Crippen molar-refractivity contribution in [2.75, 3.05) is 24.4 Å². The first kappa shape index (κ1) is 17.8. The van der Waals surface area contributed by atoms with Gasteiger partial charge in [0.05, 0.1) is 12.0 Å². The summed E-state index contributed by atoms with van der Waals surface area (Å²) in [5.41, 5.74) is 2.50. The summed E-state index contributed by atoms with van der Waals surface area (Å²) < 4.78 is 10.9. The van der Waals surface area contributed by atoms with E-state index < -0.39 is 0 Å². The normalized spacial score (nSPS) is 12.6. The Morgan fingerprint density at radius 1 is 1.38 bits per heavy atom. The third-order valence-corrected chi connectivity index (χ3v) is 5.19. The molecule has 0 saturated heterocycles. The minimum Gasteiger partial charge on any atom is -0.496 e. The smallest absolute Gasteiger partial charge is 0.326 e. The molecular weight excluding hydrogens is 348 g/mol. The molecule has 1 aliphatic rings. The number of hydrogen-bond acceptors (Lipinski definition) is 4. The number of thiophene rings is 1. The summed E-state index contributed by atoms with van der Waals surface area (Å²) in [6.45, 7) is 9.56. The van der Waals surface area contributed by atoms with Crippen molar-refractivity contribution in [3.63, 3.8) is 0 Å². The van der Waals surface area contributed by atoms with Crippen LogP contribution in [-0.2, 0) is 0 Å². The number of ether oxygens (including phenoxy) is 2. The van der Waals surface area contributed by atoms with E-state index in [0.717, 1.165) is 26.8 Å². The predicted octanol–water partition coefficient (Wildman–Crippen LogP) is 5.21. The standard InChI is InChI=1S/C20H20N2O3S/c1-6-14-10-18-17(25-13(14)3)11-19(26-18)22(4)20(23)21-15-7-8-16(24-5)12(2)9-15/h6-11H,1,3H2,2,4-5H3,(H,21,23). The highest BCUT2D eigenvalue weighted by molar-refractivity contribution is 7.17. The molecule has 5 nitrogen and oxygen atoms in total. The average molecular weight is 368 g/mol. The second-order valence-electron chi connectivity index (χ2n) is 5.82. The molecule has 1 aromatic carbocycles. The van der Waals surface area contributed by atoms with Crippen LogP contribution in [0.5, 0.6) is 11.5 Å². The largest absolute Gasteiger partial charge is 0.496 e. The van der Waals surface area contributed by atoms with Crippen molar-refractivity contribution in [3.05, 3.63) is 65.3 Å². The van der Waals surface area contributed by atoms with Gasteiger partial charge >= 0.3 is 6.03 Å². The van der Waals surface area contributed by atoms with Crippen LogP contribution in [0.15, 0.2) is 54.8 Å². The molecule has 0 fully saturated rings. The van der Waals surface area contributed by atoms with Crippen LogP contribution in [-0.4, -0.2) is 20.2 Å². The summed E-state index contributed by atoms with van der Waals surface area (Å²) in [6, 6.07) is 7.11. The molecule has 0 aliphatic carbocycles. The van der Waals surface area contributed by atoms with Gasteiger partial charge in [-0.15, -0.1) is 11.3 Å². The van der Waals surface area contributed by atoms with Gasteiger partial charge in [0.1, 0.15) is 22.3 Å². The van der Waals surface area contributed by atoms with Gasteiger partial charge in [0.25, 0.3) is 0 Å². The Kier molecular flexibility index (Phi) is 4.86. The number of nitrogens with zero attached hydrogens (tertiary/aromatic N) is 1. The topological polar surface area (TPSA) is 50.8 Å². The van der Waals surface area contributed by atoms with E-state index >= 15 is 0 Å². The minimum absolute atomic E-state index is 0.236. The van der Waals surface area contributed by atoms with E-state index in [2.05, 4.69) is 18.5 Å². The van der Waals surface area contributed by atoms with Gasteiger partial charge < -0.3 is 14.8 Å². The van der Waals surface area contributed by atoms with Crippen LogP contribution in [0.2, 0.25) is 0 Å². The molecule has 3 rings (SSSR count). The van der Waals surface area contributed by atoms with E-state index in [1.807, 2.05) is 37.3 Å². The Bertz CT molecular complexity index is 927. The third kappa shape index (κ3) is 3.36. The average Bonchev–Trinajstić information content (AvgIpc) is 3.03. The van der Waals surface area contributed by atoms with Gasteiger partial charge in [-0.3, -0.25) is 4.90 Å². The van der Waals surface area contributed by atoms with Crippen molar-refractivity contribution in [3.8, 4) is 11.5 Å². The van der Waals surface area contributed by atoms with Gasteiger partial charge in [-0.2, -0.15) is 0 Å². The fourth-order valence-electron chi connectivity index (χ4n) is 2.57. The summed E-state index contributed by atoms with van der Waals surface area (Å²) >= 11 is 1.47. The lowest BCUT2D eigenvalue weighted by Crippen LogP contribution is -2.30. The number of carbonyl (C=O) groups excluding carboxylic acids is 1. The zero-order chi connectivity index (χ0) is 18.8. The van der Waals surface area contributed by atoms with Gasteiger partial charge in [-0.05, 0) is 36.8 Å². The van der Waals surface area contributed by atoms with E-state index in [0.29, 0.717) is 17.2 Å². The van der Waals surface area contributed by atoms with Crippen molar-refractivity contribution in [1.29, 1.82) is 0 Å². The van der Waals surface area contributed by atoms with Gasteiger partial charge in [0.15, 0.2) is 0 Å². The molecule has 2 heterocycles. The SMILES string of the molecule is C=CC1=Cc2sc(N(C)C(=O)Nc3ccc(OC)c(C)c3)cc2OC1=C. The Hall–Kier alpha value is -2.99. The van der Waals surface area contributed by atoms with Crippen molar-refractivity contribution in [2.24, 2.45) is 0 Å². The number of aryl methyl sites for hydroxylation is 1. The lowest BCUT2D eigenvalue weighted by atomic mass is 10.1. The first-order valence-corrected chi connectivity index (χ1v) is 8.79. The molecule has 1 aromatic heterocycles. The molecule has 134 valence electrons. The number of urea groups is 1. The monoisotopic (exact) mass is 368 g/mol. The number of anilines is 2. The predicted molar refractivity (Wildman–Crippen MR) is 107 cm³/mol. The maximum atomic E-state index is 12.6. The number of nitrogens with one attached hydrogen (secondary N) is 1. The molecule has 0 radical (unpaired) electrons. The summed E-state index contributed by atoms with van der Waals surface area (Å²) in [5.74, 6) is 2.03. The molecule has 0 atom stereocenters. The number of hydrogen-bond donors (Lipinski definition) is 1. The molecule has 6 heteroatoms. The Balaban J connectivity index is 1.78. The second kappa shape index (κ2) is 7.09.